The molecule has 1 amide bonds. The largest absolute Gasteiger partial charge is 0.455 e. The highest BCUT2D eigenvalue weighted by molar-refractivity contribution is 6.31. The molecular formula is C16H13ClN2O5. The smallest absolute Gasteiger partial charge is 0.310 e. The molecule has 0 aromatic heterocycles. The summed E-state index contributed by atoms with van der Waals surface area (Å²) in [6.07, 6.45) is 0.0332. The average Bonchev–Trinajstić information content (AvgIpc) is 2.53. The monoisotopic (exact) mass is 348 g/mol. The Morgan fingerprint density at radius 1 is 1.17 bits per heavy atom. The molecule has 0 heterocycles. The van der Waals surface area contributed by atoms with Gasteiger partial charge in [0.05, 0.1) is 11.3 Å². The molecule has 1 N–H and O–H groups in total. The molecule has 2 aromatic carbocycles. The first-order valence-corrected chi connectivity index (χ1v) is 7.27. The number of amides is 1. The summed E-state index contributed by atoms with van der Waals surface area (Å²) in [7, 11) is 0. The van der Waals surface area contributed by atoms with Crippen molar-refractivity contribution >= 4 is 34.9 Å². The molecule has 0 saturated carbocycles. The standard InChI is InChI=1S/C16H13ClN2O5/c17-12-6-7-14(19(22)23)13(9-12)18-15(20)10-24-16(21)8-11-4-2-1-3-5-11/h1-7,9H,8,10H2,(H,18,20). The Bertz CT molecular complexity index is 764. The maximum atomic E-state index is 11.8. The number of hydrogen-bond donors (Lipinski definition) is 1. The van der Waals surface area contributed by atoms with Crippen LogP contribution in [0.1, 0.15) is 5.56 Å². The quantitative estimate of drug-likeness (QED) is 0.491. The van der Waals surface area contributed by atoms with Crippen molar-refractivity contribution in [3.63, 3.8) is 0 Å². The normalized spacial score (nSPS) is 10.0. The Morgan fingerprint density at radius 2 is 1.88 bits per heavy atom. The van der Waals surface area contributed by atoms with Crippen LogP contribution in [-0.4, -0.2) is 23.4 Å². The molecule has 0 fully saturated rings. The molecule has 0 aliphatic rings. The zero-order valence-corrected chi connectivity index (χ0v) is 13.2. The molecule has 0 bridgehead atoms. The van der Waals surface area contributed by atoms with Crippen molar-refractivity contribution in [2.45, 2.75) is 6.42 Å². The number of anilines is 1. The number of esters is 1. The first kappa shape index (κ1) is 17.4. The topological polar surface area (TPSA) is 98.5 Å². The van der Waals surface area contributed by atoms with Crippen molar-refractivity contribution in [3.8, 4) is 0 Å². The summed E-state index contributed by atoms with van der Waals surface area (Å²) in [6, 6.07) is 12.7. The van der Waals surface area contributed by atoms with Gasteiger partial charge in [0.15, 0.2) is 6.61 Å². The molecule has 0 aliphatic carbocycles. The van der Waals surface area contributed by atoms with E-state index in [9.17, 15) is 19.7 Å². The van der Waals surface area contributed by atoms with Crippen molar-refractivity contribution in [1.82, 2.24) is 0 Å². The lowest BCUT2D eigenvalue weighted by Crippen LogP contribution is -2.22. The van der Waals surface area contributed by atoms with Crippen LogP contribution in [0.15, 0.2) is 48.5 Å². The Morgan fingerprint density at radius 3 is 2.54 bits per heavy atom. The van der Waals surface area contributed by atoms with Crippen LogP contribution in [0.4, 0.5) is 11.4 Å². The van der Waals surface area contributed by atoms with E-state index in [-0.39, 0.29) is 22.8 Å². The number of rotatable bonds is 6. The van der Waals surface area contributed by atoms with Gasteiger partial charge in [0, 0.05) is 11.1 Å². The van der Waals surface area contributed by atoms with Crippen LogP contribution >= 0.6 is 11.6 Å². The Labute approximate surface area is 142 Å². The number of ether oxygens (including phenoxy) is 1. The lowest BCUT2D eigenvalue weighted by molar-refractivity contribution is -0.383. The number of hydrogen-bond acceptors (Lipinski definition) is 5. The van der Waals surface area contributed by atoms with E-state index in [4.69, 9.17) is 16.3 Å². The van der Waals surface area contributed by atoms with Crippen molar-refractivity contribution in [1.29, 1.82) is 0 Å². The first-order chi connectivity index (χ1) is 11.5. The molecule has 0 spiro atoms. The average molecular weight is 349 g/mol. The molecule has 24 heavy (non-hydrogen) atoms. The highest BCUT2D eigenvalue weighted by Crippen LogP contribution is 2.27. The number of carbonyl (C=O) groups excluding carboxylic acids is 2. The number of nitrogens with zero attached hydrogens (tertiary/aromatic N) is 1. The lowest BCUT2D eigenvalue weighted by atomic mass is 10.2. The molecule has 0 saturated heterocycles. The van der Waals surface area contributed by atoms with Gasteiger partial charge in [0.25, 0.3) is 11.6 Å². The molecule has 8 heteroatoms. The molecule has 2 rings (SSSR count). The summed E-state index contributed by atoms with van der Waals surface area (Å²) in [5.41, 5.74) is 0.397. The highest BCUT2D eigenvalue weighted by Gasteiger charge is 2.17. The summed E-state index contributed by atoms with van der Waals surface area (Å²) < 4.78 is 4.86. The minimum Gasteiger partial charge on any atom is -0.455 e. The number of carbonyl (C=O) groups is 2. The van der Waals surface area contributed by atoms with Gasteiger partial charge in [-0.05, 0) is 17.7 Å². The van der Waals surface area contributed by atoms with E-state index < -0.39 is 23.4 Å². The number of nitrogens with one attached hydrogen (secondary N) is 1. The van der Waals surface area contributed by atoms with Crippen LogP contribution < -0.4 is 5.32 Å². The second kappa shape index (κ2) is 8.07. The SMILES string of the molecule is O=C(COC(=O)Cc1ccccc1)Nc1cc(Cl)ccc1[N+](=O)[O-]. The van der Waals surface area contributed by atoms with Gasteiger partial charge in [-0.3, -0.25) is 19.7 Å². The third-order valence-corrected chi connectivity index (χ3v) is 3.22. The second-order valence-electron chi connectivity index (χ2n) is 4.79. The second-order valence-corrected chi connectivity index (χ2v) is 5.23. The zero-order chi connectivity index (χ0) is 17.5. The summed E-state index contributed by atoms with van der Waals surface area (Å²) in [4.78, 5) is 33.7. The molecule has 0 atom stereocenters. The van der Waals surface area contributed by atoms with Crippen LogP contribution in [0, 0.1) is 10.1 Å². The fourth-order valence-corrected chi connectivity index (χ4v) is 2.09. The Balaban J connectivity index is 1.91. The van der Waals surface area contributed by atoms with Crippen LogP contribution in [0.5, 0.6) is 0 Å². The van der Waals surface area contributed by atoms with E-state index in [1.807, 2.05) is 6.07 Å². The van der Waals surface area contributed by atoms with Gasteiger partial charge in [-0.1, -0.05) is 41.9 Å². The zero-order valence-electron chi connectivity index (χ0n) is 12.4. The van der Waals surface area contributed by atoms with E-state index in [2.05, 4.69) is 5.32 Å². The van der Waals surface area contributed by atoms with Gasteiger partial charge in [-0.2, -0.15) is 0 Å². The molecular weight excluding hydrogens is 336 g/mol. The van der Waals surface area contributed by atoms with Crippen LogP contribution in [0.25, 0.3) is 0 Å². The van der Waals surface area contributed by atoms with Gasteiger partial charge in [0.1, 0.15) is 5.69 Å². The number of halogens is 1. The fraction of sp³-hybridized carbons (Fsp3) is 0.125. The first-order valence-electron chi connectivity index (χ1n) is 6.89. The summed E-state index contributed by atoms with van der Waals surface area (Å²) >= 11 is 5.76. The molecule has 0 unspecified atom stereocenters. The van der Waals surface area contributed by atoms with E-state index >= 15 is 0 Å². The molecule has 124 valence electrons. The van der Waals surface area contributed by atoms with Crippen molar-refractivity contribution in [2.24, 2.45) is 0 Å². The maximum absolute atomic E-state index is 11.8. The third-order valence-electron chi connectivity index (χ3n) is 2.98. The van der Waals surface area contributed by atoms with Crippen LogP contribution in [-0.2, 0) is 20.7 Å². The van der Waals surface area contributed by atoms with E-state index in [0.717, 1.165) is 5.56 Å². The van der Waals surface area contributed by atoms with Gasteiger partial charge in [-0.15, -0.1) is 0 Å². The van der Waals surface area contributed by atoms with Gasteiger partial charge in [0.2, 0.25) is 0 Å². The molecule has 2 aromatic rings. The van der Waals surface area contributed by atoms with Gasteiger partial charge >= 0.3 is 5.97 Å². The number of benzene rings is 2. The fourth-order valence-electron chi connectivity index (χ4n) is 1.91. The predicted octanol–water partition coefficient (Wildman–Crippen LogP) is 2.97. The van der Waals surface area contributed by atoms with Crippen LogP contribution in [0.3, 0.4) is 0 Å². The van der Waals surface area contributed by atoms with Gasteiger partial charge < -0.3 is 10.1 Å². The highest BCUT2D eigenvalue weighted by atomic mass is 35.5. The number of nitro benzene ring substituents is 1. The predicted molar refractivity (Wildman–Crippen MR) is 87.8 cm³/mol. The number of nitro groups is 1. The van der Waals surface area contributed by atoms with E-state index in [1.165, 1.54) is 18.2 Å². The maximum Gasteiger partial charge on any atom is 0.310 e. The van der Waals surface area contributed by atoms with Crippen LogP contribution in [0.2, 0.25) is 5.02 Å². The Kier molecular flexibility index (Phi) is 5.86. The van der Waals surface area contributed by atoms with Crippen molar-refractivity contribution in [3.05, 3.63) is 69.2 Å². The van der Waals surface area contributed by atoms with Crippen molar-refractivity contribution < 1.29 is 19.2 Å². The third kappa shape index (κ3) is 5.06. The van der Waals surface area contributed by atoms with Gasteiger partial charge in [-0.25, -0.2) is 0 Å². The summed E-state index contributed by atoms with van der Waals surface area (Å²) in [5, 5.41) is 13.5. The van der Waals surface area contributed by atoms with Crippen molar-refractivity contribution in [2.75, 3.05) is 11.9 Å². The molecule has 0 aliphatic heterocycles. The molecule has 7 nitrogen and oxygen atoms in total. The van der Waals surface area contributed by atoms with E-state index in [1.54, 1.807) is 24.3 Å². The summed E-state index contributed by atoms with van der Waals surface area (Å²) in [6.45, 7) is -0.546. The minimum atomic E-state index is -0.693. The molecule has 0 radical (unpaired) electrons. The van der Waals surface area contributed by atoms with E-state index in [0.29, 0.717) is 0 Å². The minimum absolute atomic E-state index is 0.0332. The lowest BCUT2D eigenvalue weighted by Gasteiger charge is -2.07. The Hall–Kier alpha value is -2.93. The summed E-state index contributed by atoms with van der Waals surface area (Å²) in [5.74, 6) is -1.27.